The molecule has 0 spiro atoms. The lowest BCUT2D eigenvalue weighted by molar-refractivity contribution is -0.144. The molecular weight excluding hydrogens is 376 g/mol. The molecule has 2 amide bonds. The number of hydrogen-bond acceptors (Lipinski definition) is 4. The smallest absolute Gasteiger partial charge is 0.338 e. The van der Waals surface area contributed by atoms with E-state index in [4.69, 9.17) is 9.47 Å². The van der Waals surface area contributed by atoms with Gasteiger partial charge in [0, 0.05) is 5.70 Å². The van der Waals surface area contributed by atoms with Gasteiger partial charge >= 0.3 is 12.0 Å². The molecule has 2 N–H and O–H groups in total. The van der Waals surface area contributed by atoms with E-state index in [-0.39, 0.29) is 12.1 Å². The Morgan fingerprint density at radius 1 is 1.42 bits per heavy atom. The monoisotopic (exact) mass is 396 g/mol. The summed E-state index contributed by atoms with van der Waals surface area (Å²) in [5.41, 5.74) is 1.64. The van der Waals surface area contributed by atoms with E-state index in [0.717, 1.165) is 16.5 Å². The van der Waals surface area contributed by atoms with Crippen molar-refractivity contribution >= 4 is 27.9 Å². The highest BCUT2D eigenvalue weighted by molar-refractivity contribution is 9.10. The maximum absolute atomic E-state index is 12.6. The molecular formula is C17H21BrN2O4. The third-order valence-corrected chi connectivity index (χ3v) is 4.50. The van der Waals surface area contributed by atoms with Crippen molar-refractivity contribution in [2.24, 2.45) is 0 Å². The van der Waals surface area contributed by atoms with Crippen molar-refractivity contribution in [3.8, 4) is 5.75 Å². The predicted molar refractivity (Wildman–Crippen MR) is 93.6 cm³/mol. The summed E-state index contributed by atoms with van der Waals surface area (Å²) >= 11 is 3.43. The van der Waals surface area contributed by atoms with E-state index < -0.39 is 12.0 Å². The maximum atomic E-state index is 12.6. The highest BCUT2D eigenvalue weighted by Crippen LogP contribution is 2.33. The van der Waals surface area contributed by atoms with Gasteiger partial charge in [-0.15, -0.1) is 0 Å². The third kappa shape index (κ3) is 3.90. The number of allylic oxidation sites excluding steroid dienone is 1. The molecule has 7 heteroatoms. The number of esters is 1. The molecule has 1 aliphatic heterocycles. The first-order valence-corrected chi connectivity index (χ1v) is 8.49. The second kappa shape index (κ2) is 7.70. The SMILES string of the molecule is CC[C@@H](C)OC(=O)C1=C(C)NC(=O)N[C@@H]1c1ccc(OC)c(Br)c1. The van der Waals surface area contributed by atoms with Crippen LogP contribution in [-0.4, -0.2) is 25.2 Å². The van der Waals surface area contributed by atoms with E-state index in [1.165, 1.54) is 0 Å². The third-order valence-electron chi connectivity index (χ3n) is 3.88. The Morgan fingerprint density at radius 3 is 2.71 bits per heavy atom. The fourth-order valence-electron chi connectivity index (χ4n) is 2.41. The quantitative estimate of drug-likeness (QED) is 0.747. The summed E-state index contributed by atoms with van der Waals surface area (Å²) in [5.74, 6) is 0.231. The second-order valence-electron chi connectivity index (χ2n) is 5.59. The molecule has 1 aliphatic rings. The van der Waals surface area contributed by atoms with Gasteiger partial charge in [0.25, 0.3) is 0 Å². The Hall–Kier alpha value is -2.02. The Balaban J connectivity index is 2.41. The number of urea groups is 1. The Kier molecular flexibility index (Phi) is 5.88. The Labute approximate surface area is 149 Å². The molecule has 0 fully saturated rings. The number of carbonyl (C=O) groups excluding carboxylic acids is 2. The van der Waals surface area contributed by atoms with E-state index in [1.807, 2.05) is 26.0 Å². The normalized spacial score (nSPS) is 18.5. The number of methoxy groups -OCH3 is 1. The Bertz CT molecular complexity index is 687. The van der Waals surface area contributed by atoms with Gasteiger partial charge in [-0.1, -0.05) is 13.0 Å². The number of rotatable bonds is 5. The van der Waals surface area contributed by atoms with Crippen LogP contribution < -0.4 is 15.4 Å². The van der Waals surface area contributed by atoms with Gasteiger partial charge in [-0.25, -0.2) is 9.59 Å². The minimum Gasteiger partial charge on any atom is -0.496 e. The van der Waals surface area contributed by atoms with Crippen molar-refractivity contribution in [1.29, 1.82) is 0 Å². The topological polar surface area (TPSA) is 76.7 Å². The molecule has 2 rings (SSSR count). The fraction of sp³-hybridized carbons (Fsp3) is 0.412. The number of carbonyl (C=O) groups is 2. The second-order valence-corrected chi connectivity index (χ2v) is 6.44. The van der Waals surface area contributed by atoms with Gasteiger partial charge < -0.3 is 20.1 Å². The standard InChI is InChI=1S/C17H21BrN2O4/c1-5-9(2)24-16(21)14-10(3)19-17(22)20-15(14)11-6-7-13(23-4)12(18)8-11/h6-9,15H,5H2,1-4H3,(H2,19,20,22)/t9-,15-/m1/s1. The number of nitrogens with one attached hydrogen (secondary N) is 2. The zero-order valence-corrected chi connectivity index (χ0v) is 15.7. The molecule has 2 atom stereocenters. The number of amides is 2. The summed E-state index contributed by atoms with van der Waals surface area (Å²) in [6.45, 7) is 5.47. The van der Waals surface area contributed by atoms with Crippen molar-refractivity contribution < 1.29 is 19.1 Å². The lowest BCUT2D eigenvalue weighted by Crippen LogP contribution is -2.45. The van der Waals surface area contributed by atoms with Crippen LogP contribution in [0, 0.1) is 0 Å². The van der Waals surface area contributed by atoms with Gasteiger partial charge in [0.15, 0.2) is 0 Å². The summed E-state index contributed by atoms with van der Waals surface area (Å²) in [5, 5.41) is 5.41. The zero-order valence-electron chi connectivity index (χ0n) is 14.1. The predicted octanol–water partition coefficient (Wildman–Crippen LogP) is 3.43. The number of halogens is 1. The van der Waals surface area contributed by atoms with Crippen molar-refractivity contribution in [2.45, 2.75) is 39.3 Å². The molecule has 0 aliphatic carbocycles. The molecule has 0 saturated heterocycles. The molecule has 1 aromatic carbocycles. The number of ether oxygens (including phenoxy) is 2. The minimum atomic E-state index is -0.586. The maximum Gasteiger partial charge on any atom is 0.338 e. The minimum absolute atomic E-state index is 0.196. The van der Waals surface area contributed by atoms with E-state index in [9.17, 15) is 9.59 Å². The van der Waals surface area contributed by atoms with E-state index in [0.29, 0.717) is 17.0 Å². The molecule has 1 heterocycles. The molecule has 0 unspecified atom stereocenters. The van der Waals surface area contributed by atoms with Crippen LogP contribution in [0.4, 0.5) is 4.79 Å². The highest BCUT2D eigenvalue weighted by atomic mass is 79.9. The number of hydrogen-bond donors (Lipinski definition) is 2. The van der Waals surface area contributed by atoms with Crippen molar-refractivity contribution in [3.63, 3.8) is 0 Å². The summed E-state index contributed by atoms with van der Waals surface area (Å²) in [7, 11) is 1.57. The summed E-state index contributed by atoms with van der Waals surface area (Å²) < 4.78 is 11.4. The fourth-order valence-corrected chi connectivity index (χ4v) is 2.96. The highest BCUT2D eigenvalue weighted by Gasteiger charge is 2.33. The van der Waals surface area contributed by atoms with E-state index in [1.54, 1.807) is 20.1 Å². The number of benzene rings is 1. The zero-order chi connectivity index (χ0) is 17.9. The molecule has 0 radical (unpaired) electrons. The van der Waals surface area contributed by atoms with Crippen molar-refractivity contribution in [2.75, 3.05) is 7.11 Å². The summed E-state index contributed by atoms with van der Waals surface area (Å²) in [6, 6.07) is 4.46. The van der Waals surface area contributed by atoms with Crippen LogP contribution in [0.1, 0.15) is 38.8 Å². The summed E-state index contributed by atoms with van der Waals surface area (Å²) in [4.78, 5) is 24.4. The van der Waals surface area contributed by atoms with Gasteiger partial charge in [-0.05, 0) is 53.9 Å². The van der Waals surface area contributed by atoms with Crippen molar-refractivity contribution in [3.05, 3.63) is 39.5 Å². The molecule has 0 aromatic heterocycles. The first kappa shape index (κ1) is 18.3. The molecule has 130 valence electrons. The van der Waals surface area contributed by atoms with Crippen LogP contribution in [0.2, 0.25) is 0 Å². The van der Waals surface area contributed by atoms with Crippen molar-refractivity contribution in [1.82, 2.24) is 10.6 Å². The molecule has 1 aromatic rings. The first-order valence-electron chi connectivity index (χ1n) is 7.70. The van der Waals surface area contributed by atoms with Crippen LogP contribution in [0.5, 0.6) is 5.75 Å². The average Bonchev–Trinajstić information content (AvgIpc) is 2.53. The van der Waals surface area contributed by atoms with Crippen LogP contribution in [0.3, 0.4) is 0 Å². The largest absolute Gasteiger partial charge is 0.496 e. The van der Waals surface area contributed by atoms with Crippen LogP contribution in [0.25, 0.3) is 0 Å². The summed E-state index contributed by atoms with van der Waals surface area (Å²) in [6.07, 6.45) is 0.523. The van der Waals surface area contributed by atoms with E-state index >= 15 is 0 Å². The lowest BCUT2D eigenvalue weighted by atomic mass is 9.95. The van der Waals surface area contributed by atoms with Crippen LogP contribution in [0.15, 0.2) is 33.9 Å². The van der Waals surface area contributed by atoms with Gasteiger partial charge in [-0.3, -0.25) is 0 Å². The van der Waals surface area contributed by atoms with Gasteiger partial charge in [-0.2, -0.15) is 0 Å². The van der Waals surface area contributed by atoms with Crippen LogP contribution >= 0.6 is 15.9 Å². The average molecular weight is 397 g/mol. The van der Waals surface area contributed by atoms with Crippen LogP contribution in [-0.2, 0) is 9.53 Å². The van der Waals surface area contributed by atoms with E-state index in [2.05, 4.69) is 26.6 Å². The molecule has 0 bridgehead atoms. The molecule has 24 heavy (non-hydrogen) atoms. The lowest BCUT2D eigenvalue weighted by Gasteiger charge is -2.29. The van der Waals surface area contributed by atoms with Gasteiger partial charge in [0.05, 0.1) is 29.3 Å². The molecule has 0 saturated carbocycles. The molecule has 6 nitrogen and oxygen atoms in total. The van der Waals surface area contributed by atoms with Gasteiger partial charge in [0.1, 0.15) is 5.75 Å². The first-order chi connectivity index (χ1) is 11.4. The van der Waals surface area contributed by atoms with Gasteiger partial charge in [0.2, 0.25) is 0 Å². The Morgan fingerprint density at radius 2 is 2.12 bits per heavy atom.